The van der Waals surface area contributed by atoms with Crippen molar-refractivity contribution in [1.29, 1.82) is 0 Å². The molecule has 0 spiro atoms. The van der Waals surface area contributed by atoms with Crippen LogP contribution in [-0.4, -0.2) is 40.1 Å². The van der Waals surface area contributed by atoms with Crippen LogP contribution in [0.3, 0.4) is 0 Å². The molecular formula is C53H48O3. The number of methoxy groups -OCH3 is 1. The molecule has 8 rings (SSSR count). The average Bonchev–Trinajstić information content (AvgIpc) is 3.51. The van der Waals surface area contributed by atoms with Crippen LogP contribution in [0.5, 0.6) is 0 Å². The Kier molecular flexibility index (Phi) is 11.5. The Bertz CT molecular complexity index is 2340. The molecule has 7 aromatic rings. The maximum absolute atomic E-state index is 6.19. The number of benzene rings is 7. The third-order valence-electron chi connectivity index (χ3n) is 11.1. The van der Waals surface area contributed by atoms with Crippen LogP contribution in [0.1, 0.15) is 41.2 Å². The monoisotopic (exact) mass is 732 g/mol. The van der Waals surface area contributed by atoms with Crippen LogP contribution in [0.15, 0.2) is 176 Å². The summed E-state index contributed by atoms with van der Waals surface area (Å²) in [6, 6.07) is 63.8. The van der Waals surface area contributed by atoms with E-state index in [0.29, 0.717) is 33.0 Å². The minimum absolute atomic E-state index is 0.236. The van der Waals surface area contributed by atoms with Gasteiger partial charge in [0.05, 0.1) is 26.4 Å². The lowest BCUT2D eigenvalue weighted by atomic mass is 9.76. The molecule has 0 N–H and O–H groups in total. The lowest BCUT2D eigenvalue weighted by molar-refractivity contribution is 0.0220. The Morgan fingerprint density at radius 2 is 0.857 bits per heavy atom. The zero-order chi connectivity index (χ0) is 38.2. The molecular weight excluding hydrogens is 685 g/mol. The van der Waals surface area contributed by atoms with Gasteiger partial charge in [-0.1, -0.05) is 171 Å². The number of ether oxygens (including phenoxy) is 3. The lowest BCUT2D eigenvalue weighted by Crippen LogP contribution is -2.23. The van der Waals surface area contributed by atoms with E-state index in [4.69, 9.17) is 14.2 Å². The Morgan fingerprint density at radius 1 is 0.446 bits per heavy atom. The molecule has 0 fully saturated rings. The maximum Gasteiger partial charge on any atom is 0.0701 e. The first-order chi connectivity index (χ1) is 27.6. The predicted molar refractivity (Wildman–Crippen MR) is 233 cm³/mol. The Hall–Kier alpha value is -5.84. The minimum atomic E-state index is -0.236. The van der Waals surface area contributed by atoms with Crippen molar-refractivity contribution >= 4 is 11.6 Å². The van der Waals surface area contributed by atoms with Crippen LogP contribution in [-0.2, 0) is 19.6 Å². The summed E-state index contributed by atoms with van der Waals surface area (Å²) in [5.41, 5.74) is 17.2. The topological polar surface area (TPSA) is 27.7 Å². The molecule has 0 heterocycles. The highest BCUT2D eigenvalue weighted by Gasteiger charge is 2.39. The summed E-state index contributed by atoms with van der Waals surface area (Å²) in [4.78, 5) is 0. The SMILES string of the molecule is COCCOCCOCCC1(C)c2cc(-c3ccc(C=C(c4ccccc4)c4ccccc4)cc3)ccc2-c2ccc(-c3ccc(-c4ccccc4)cc3)cc21. The fourth-order valence-electron chi connectivity index (χ4n) is 7.98. The minimum Gasteiger partial charge on any atom is -0.382 e. The van der Waals surface area contributed by atoms with Crippen LogP contribution >= 0.6 is 0 Å². The highest BCUT2D eigenvalue weighted by molar-refractivity contribution is 5.92. The molecule has 0 saturated carbocycles. The van der Waals surface area contributed by atoms with Crippen molar-refractivity contribution in [3.05, 3.63) is 204 Å². The first kappa shape index (κ1) is 37.1. The molecule has 0 saturated heterocycles. The molecule has 278 valence electrons. The van der Waals surface area contributed by atoms with Crippen molar-refractivity contribution in [2.45, 2.75) is 18.8 Å². The lowest BCUT2D eigenvalue weighted by Gasteiger charge is -2.28. The summed E-state index contributed by atoms with van der Waals surface area (Å²) < 4.78 is 17.0. The van der Waals surface area contributed by atoms with Crippen molar-refractivity contribution < 1.29 is 14.2 Å². The van der Waals surface area contributed by atoms with Crippen LogP contribution in [0.25, 0.3) is 56.2 Å². The second-order valence-corrected chi connectivity index (χ2v) is 14.7. The summed E-state index contributed by atoms with van der Waals surface area (Å²) in [5, 5.41) is 0. The first-order valence-electron chi connectivity index (χ1n) is 19.6. The standard InChI is InChI=1S/C53H48O3/c1-53(30-31-55-34-35-56-33-32-54-2)51-37-46(42-20-18-39(19-21-42)36-50(44-14-8-4-9-15-44)45-16-10-5-11-17-45)26-28-48(51)49-29-27-47(38-52(49)53)43-24-22-41(23-25-43)40-12-6-3-7-13-40/h3-29,36-38H,30-35H2,1-2H3. The average molecular weight is 733 g/mol. The van der Waals surface area contributed by atoms with E-state index in [1.165, 1.54) is 77.9 Å². The third-order valence-corrected chi connectivity index (χ3v) is 11.1. The highest BCUT2D eigenvalue weighted by atomic mass is 16.5. The molecule has 0 radical (unpaired) electrons. The molecule has 0 aromatic heterocycles. The van der Waals surface area contributed by atoms with Gasteiger partial charge in [0.25, 0.3) is 0 Å². The fourth-order valence-corrected chi connectivity index (χ4v) is 7.98. The molecule has 1 aliphatic carbocycles. The Labute approximate surface area is 331 Å². The molecule has 0 bridgehead atoms. The van der Waals surface area contributed by atoms with Gasteiger partial charge in [-0.05, 0) is 103 Å². The molecule has 1 aliphatic rings. The van der Waals surface area contributed by atoms with Crippen molar-refractivity contribution in [1.82, 2.24) is 0 Å². The zero-order valence-electron chi connectivity index (χ0n) is 32.3. The fraction of sp³-hybridized carbons (Fsp3) is 0.170. The van der Waals surface area contributed by atoms with Crippen molar-refractivity contribution in [2.24, 2.45) is 0 Å². The van der Waals surface area contributed by atoms with E-state index in [1.807, 2.05) is 0 Å². The Balaban J connectivity index is 1.09. The molecule has 7 aromatic carbocycles. The first-order valence-corrected chi connectivity index (χ1v) is 19.6. The molecule has 0 amide bonds. The quantitative estimate of drug-likeness (QED) is 0.0776. The van der Waals surface area contributed by atoms with Gasteiger partial charge < -0.3 is 14.2 Å². The largest absolute Gasteiger partial charge is 0.382 e. The molecule has 3 nitrogen and oxygen atoms in total. The van der Waals surface area contributed by atoms with Crippen molar-refractivity contribution in [3.63, 3.8) is 0 Å². The second kappa shape index (κ2) is 17.3. The molecule has 0 aliphatic heterocycles. The molecule has 3 heteroatoms. The van der Waals surface area contributed by atoms with Gasteiger partial charge in [-0.2, -0.15) is 0 Å². The number of hydrogen-bond acceptors (Lipinski definition) is 3. The van der Waals surface area contributed by atoms with Gasteiger partial charge in [-0.25, -0.2) is 0 Å². The summed E-state index contributed by atoms with van der Waals surface area (Å²) in [6.45, 7) is 5.32. The predicted octanol–water partition coefficient (Wildman–Crippen LogP) is 12.6. The van der Waals surface area contributed by atoms with Crippen LogP contribution in [0, 0.1) is 0 Å². The van der Waals surface area contributed by atoms with E-state index in [1.54, 1.807) is 7.11 Å². The Morgan fingerprint density at radius 3 is 1.38 bits per heavy atom. The van der Waals surface area contributed by atoms with E-state index in [-0.39, 0.29) is 5.41 Å². The van der Waals surface area contributed by atoms with Crippen molar-refractivity contribution in [2.75, 3.05) is 40.1 Å². The van der Waals surface area contributed by atoms with Gasteiger partial charge in [-0.15, -0.1) is 0 Å². The van der Waals surface area contributed by atoms with E-state index in [9.17, 15) is 0 Å². The maximum atomic E-state index is 6.19. The van der Waals surface area contributed by atoms with E-state index < -0.39 is 0 Å². The smallest absolute Gasteiger partial charge is 0.0701 e. The van der Waals surface area contributed by atoms with Crippen molar-refractivity contribution in [3.8, 4) is 44.5 Å². The normalized spacial score (nSPS) is 14.2. The van der Waals surface area contributed by atoms with E-state index in [2.05, 4.69) is 189 Å². The van der Waals surface area contributed by atoms with E-state index >= 15 is 0 Å². The summed E-state index contributed by atoms with van der Waals surface area (Å²) in [5.74, 6) is 0. The van der Waals surface area contributed by atoms with Gasteiger partial charge in [0.1, 0.15) is 0 Å². The zero-order valence-corrected chi connectivity index (χ0v) is 32.3. The number of hydrogen-bond donors (Lipinski definition) is 0. The van der Waals surface area contributed by atoms with Gasteiger partial charge in [0, 0.05) is 19.1 Å². The van der Waals surface area contributed by atoms with Gasteiger partial charge in [-0.3, -0.25) is 0 Å². The van der Waals surface area contributed by atoms with Crippen LogP contribution in [0.4, 0.5) is 0 Å². The number of fused-ring (bicyclic) bond motifs is 3. The van der Waals surface area contributed by atoms with Crippen LogP contribution in [0.2, 0.25) is 0 Å². The van der Waals surface area contributed by atoms with Gasteiger partial charge in [0.2, 0.25) is 0 Å². The van der Waals surface area contributed by atoms with Crippen LogP contribution < -0.4 is 0 Å². The highest BCUT2D eigenvalue weighted by Crippen LogP contribution is 2.52. The summed E-state index contributed by atoms with van der Waals surface area (Å²) in [7, 11) is 1.69. The molecule has 1 atom stereocenters. The summed E-state index contributed by atoms with van der Waals surface area (Å²) >= 11 is 0. The summed E-state index contributed by atoms with van der Waals surface area (Å²) in [6.07, 6.45) is 3.15. The number of rotatable bonds is 15. The molecule has 1 unspecified atom stereocenters. The third kappa shape index (κ3) is 8.08. The second-order valence-electron chi connectivity index (χ2n) is 14.7. The van der Waals surface area contributed by atoms with E-state index in [0.717, 1.165) is 6.42 Å². The van der Waals surface area contributed by atoms with Gasteiger partial charge in [0.15, 0.2) is 0 Å². The van der Waals surface area contributed by atoms with Gasteiger partial charge >= 0.3 is 0 Å². The molecule has 56 heavy (non-hydrogen) atoms.